The molecule has 0 aliphatic rings. The van der Waals surface area contributed by atoms with Crippen LogP contribution in [0, 0.1) is 0 Å². The summed E-state index contributed by atoms with van der Waals surface area (Å²) in [5.74, 6) is 0.585. The number of benzene rings is 1. The molecule has 0 fully saturated rings. The quantitative estimate of drug-likeness (QED) is 0.799. The van der Waals surface area contributed by atoms with E-state index in [1.54, 1.807) is 21.0 Å². The lowest BCUT2D eigenvalue weighted by Crippen LogP contribution is -2.37. The summed E-state index contributed by atoms with van der Waals surface area (Å²) in [6.07, 6.45) is 0.813. The van der Waals surface area contributed by atoms with E-state index in [9.17, 15) is 9.59 Å². The van der Waals surface area contributed by atoms with Crippen LogP contribution in [0.5, 0.6) is 5.75 Å². The first-order chi connectivity index (χ1) is 9.62. The summed E-state index contributed by atoms with van der Waals surface area (Å²) in [5, 5.41) is 5.71. The molecule has 0 bridgehead atoms. The molecule has 1 aromatic rings. The second-order valence-electron chi connectivity index (χ2n) is 4.37. The zero-order chi connectivity index (χ0) is 15.0. The van der Waals surface area contributed by atoms with Crippen LogP contribution in [0.1, 0.15) is 38.3 Å². The second kappa shape index (κ2) is 8.19. The van der Waals surface area contributed by atoms with E-state index >= 15 is 0 Å². The van der Waals surface area contributed by atoms with Gasteiger partial charge in [0, 0.05) is 24.9 Å². The molecule has 0 aliphatic heterocycles. The molecule has 0 saturated heterocycles. The predicted molar refractivity (Wildman–Crippen MR) is 77.5 cm³/mol. The number of amides is 2. The lowest BCUT2D eigenvalue weighted by molar-refractivity contribution is -0.123. The van der Waals surface area contributed by atoms with Crippen LogP contribution < -0.4 is 15.4 Å². The monoisotopic (exact) mass is 278 g/mol. The van der Waals surface area contributed by atoms with E-state index in [0.717, 1.165) is 5.56 Å². The van der Waals surface area contributed by atoms with Gasteiger partial charge in [0.05, 0.1) is 13.2 Å². The molecule has 1 atom stereocenters. The fourth-order valence-corrected chi connectivity index (χ4v) is 1.83. The van der Waals surface area contributed by atoms with E-state index in [1.165, 1.54) is 0 Å². The number of rotatable bonds is 7. The van der Waals surface area contributed by atoms with Gasteiger partial charge >= 0.3 is 0 Å². The lowest BCUT2D eigenvalue weighted by atomic mass is 10.1. The second-order valence-corrected chi connectivity index (χ2v) is 4.37. The summed E-state index contributed by atoms with van der Waals surface area (Å²) in [4.78, 5) is 23.0. The van der Waals surface area contributed by atoms with Crippen LogP contribution >= 0.6 is 0 Å². The van der Waals surface area contributed by atoms with Crippen molar-refractivity contribution in [1.29, 1.82) is 0 Å². The summed E-state index contributed by atoms with van der Waals surface area (Å²) in [5.41, 5.74) is 0.855. The number of ether oxygens (including phenoxy) is 1. The molecule has 0 saturated carbocycles. The van der Waals surface area contributed by atoms with Gasteiger partial charge in [-0.15, -0.1) is 0 Å². The van der Waals surface area contributed by atoms with Gasteiger partial charge in [0.25, 0.3) is 0 Å². The highest BCUT2D eigenvalue weighted by molar-refractivity contribution is 5.77. The first kappa shape index (κ1) is 16.0. The molecule has 2 N–H and O–H groups in total. The van der Waals surface area contributed by atoms with E-state index in [1.807, 2.05) is 24.3 Å². The van der Waals surface area contributed by atoms with Gasteiger partial charge < -0.3 is 15.4 Å². The van der Waals surface area contributed by atoms with Crippen molar-refractivity contribution >= 4 is 11.8 Å². The largest absolute Gasteiger partial charge is 0.496 e. The van der Waals surface area contributed by atoms with E-state index in [-0.39, 0.29) is 17.9 Å². The van der Waals surface area contributed by atoms with Crippen molar-refractivity contribution in [3.63, 3.8) is 0 Å². The molecule has 1 rings (SSSR count). The molecule has 5 nitrogen and oxygen atoms in total. The zero-order valence-electron chi connectivity index (χ0n) is 12.2. The summed E-state index contributed by atoms with van der Waals surface area (Å²) in [7, 11) is 1.59. The normalized spacial score (nSPS) is 11.6. The summed E-state index contributed by atoms with van der Waals surface area (Å²) >= 11 is 0. The van der Waals surface area contributed by atoms with E-state index < -0.39 is 0 Å². The number of para-hydroxylation sites is 1. The molecule has 20 heavy (non-hydrogen) atoms. The highest BCUT2D eigenvalue weighted by Crippen LogP contribution is 2.24. The molecular formula is C15H22N2O3. The van der Waals surface area contributed by atoms with Crippen molar-refractivity contribution < 1.29 is 14.3 Å². The zero-order valence-corrected chi connectivity index (χ0v) is 12.2. The molecular weight excluding hydrogens is 256 g/mol. The summed E-state index contributed by atoms with van der Waals surface area (Å²) in [6, 6.07) is 7.17. The number of carbonyl (C=O) groups excluding carboxylic acids is 2. The maximum Gasteiger partial charge on any atom is 0.220 e. The number of methoxy groups -OCH3 is 1. The van der Waals surface area contributed by atoms with E-state index in [4.69, 9.17) is 4.74 Å². The van der Waals surface area contributed by atoms with Crippen molar-refractivity contribution in [1.82, 2.24) is 10.6 Å². The van der Waals surface area contributed by atoms with Gasteiger partial charge in [0.2, 0.25) is 11.8 Å². The topological polar surface area (TPSA) is 67.4 Å². The minimum atomic E-state index is -0.297. The van der Waals surface area contributed by atoms with Gasteiger partial charge in [-0.25, -0.2) is 0 Å². The Balaban J connectivity index is 2.90. The highest BCUT2D eigenvalue weighted by atomic mass is 16.5. The maximum atomic E-state index is 11.6. The average Bonchev–Trinajstić information content (AvgIpc) is 2.50. The number of carbonyl (C=O) groups is 2. The summed E-state index contributed by atoms with van der Waals surface area (Å²) < 4.78 is 5.31. The van der Waals surface area contributed by atoms with E-state index in [2.05, 4.69) is 10.6 Å². The number of hydrogen-bond acceptors (Lipinski definition) is 3. The third kappa shape index (κ3) is 4.57. The number of nitrogens with one attached hydrogen (secondary N) is 2. The van der Waals surface area contributed by atoms with Gasteiger partial charge in [0.15, 0.2) is 0 Å². The van der Waals surface area contributed by atoms with Gasteiger partial charge in [-0.1, -0.05) is 32.0 Å². The van der Waals surface area contributed by atoms with Crippen LogP contribution in [0.2, 0.25) is 0 Å². The van der Waals surface area contributed by atoms with Crippen molar-refractivity contribution in [2.75, 3.05) is 13.7 Å². The Labute approximate surface area is 119 Å². The van der Waals surface area contributed by atoms with Crippen LogP contribution in [-0.2, 0) is 9.59 Å². The molecule has 0 aliphatic carbocycles. The predicted octanol–water partition coefficient (Wildman–Crippen LogP) is 1.79. The standard InChI is InChI=1S/C15H22N2O3/c1-4-14(18)16-10-12(17-15(19)5-2)11-8-6-7-9-13(11)20-3/h6-9,12H,4-5,10H2,1-3H3,(H,16,18)(H,17,19)/t12-/m1/s1. The van der Waals surface area contributed by atoms with Crippen molar-refractivity contribution in [2.24, 2.45) is 0 Å². The Kier molecular flexibility index (Phi) is 6.56. The lowest BCUT2D eigenvalue weighted by Gasteiger charge is -2.21. The Morgan fingerprint density at radius 2 is 1.80 bits per heavy atom. The molecule has 110 valence electrons. The first-order valence-electron chi connectivity index (χ1n) is 6.81. The Bertz CT molecular complexity index is 460. The van der Waals surface area contributed by atoms with Crippen molar-refractivity contribution in [2.45, 2.75) is 32.7 Å². The molecule has 0 aromatic heterocycles. The van der Waals surface area contributed by atoms with Gasteiger partial charge in [-0.3, -0.25) is 9.59 Å². The first-order valence-corrected chi connectivity index (χ1v) is 6.81. The third-order valence-corrected chi connectivity index (χ3v) is 3.00. The Morgan fingerprint density at radius 1 is 1.15 bits per heavy atom. The van der Waals surface area contributed by atoms with Crippen LogP contribution in [-0.4, -0.2) is 25.5 Å². The average molecular weight is 278 g/mol. The minimum Gasteiger partial charge on any atom is -0.496 e. The van der Waals surface area contributed by atoms with Crippen LogP contribution in [0.3, 0.4) is 0 Å². The fourth-order valence-electron chi connectivity index (χ4n) is 1.83. The minimum absolute atomic E-state index is 0.0457. The molecule has 0 unspecified atom stereocenters. The molecule has 1 aromatic carbocycles. The van der Waals surface area contributed by atoms with Crippen LogP contribution in [0.15, 0.2) is 24.3 Å². The van der Waals surface area contributed by atoms with Gasteiger partial charge in [-0.05, 0) is 6.07 Å². The number of hydrogen-bond donors (Lipinski definition) is 2. The molecule has 0 radical (unpaired) electrons. The van der Waals surface area contributed by atoms with Crippen LogP contribution in [0.4, 0.5) is 0 Å². The fraction of sp³-hybridized carbons (Fsp3) is 0.467. The Morgan fingerprint density at radius 3 is 2.40 bits per heavy atom. The highest BCUT2D eigenvalue weighted by Gasteiger charge is 2.18. The van der Waals surface area contributed by atoms with Gasteiger partial charge in [0.1, 0.15) is 5.75 Å². The summed E-state index contributed by atoms with van der Waals surface area (Å²) in [6.45, 7) is 3.93. The Hall–Kier alpha value is -2.04. The smallest absolute Gasteiger partial charge is 0.220 e. The van der Waals surface area contributed by atoms with Crippen molar-refractivity contribution in [3.8, 4) is 5.75 Å². The molecule has 0 heterocycles. The van der Waals surface area contributed by atoms with E-state index in [0.29, 0.717) is 25.1 Å². The van der Waals surface area contributed by atoms with Crippen molar-refractivity contribution in [3.05, 3.63) is 29.8 Å². The molecule has 2 amide bonds. The van der Waals surface area contributed by atoms with Crippen LogP contribution in [0.25, 0.3) is 0 Å². The molecule has 5 heteroatoms. The third-order valence-electron chi connectivity index (χ3n) is 3.00. The molecule has 0 spiro atoms. The maximum absolute atomic E-state index is 11.6. The SMILES string of the molecule is CCC(=O)NC[C@@H](NC(=O)CC)c1ccccc1OC. The van der Waals surface area contributed by atoms with Gasteiger partial charge in [-0.2, -0.15) is 0 Å².